The predicted molar refractivity (Wildman–Crippen MR) is 160 cm³/mol. The number of benzene rings is 2. The lowest BCUT2D eigenvalue weighted by atomic mass is 9.99. The maximum atomic E-state index is 13.1. The van der Waals surface area contributed by atoms with Crippen molar-refractivity contribution in [2.45, 2.75) is 56.8 Å². The van der Waals surface area contributed by atoms with Crippen LogP contribution in [0.15, 0.2) is 42.6 Å². The Morgan fingerprint density at radius 3 is 2.73 bits per heavy atom. The van der Waals surface area contributed by atoms with Gasteiger partial charge in [0.1, 0.15) is 23.7 Å². The number of amides is 3. The number of carbonyl (C=O) groups excluding carboxylic acids is 3. The van der Waals surface area contributed by atoms with E-state index < -0.39 is 11.9 Å². The Morgan fingerprint density at radius 2 is 1.91 bits per heavy atom. The molecule has 0 bridgehead atoms. The number of nitrogens with zero attached hydrogens (tertiary/aromatic N) is 4. The summed E-state index contributed by atoms with van der Waals surface area (Å²) in [4.78, 5) is 50.6. The van der Waals surface area contributed by atoms with Gasteiger partial charge in [0.05, 0.1) is 12.1 Å². The van der Waals surface area contributed by atoms with Gasteiger partial charge in [-0.3, -0.25) is 24.6 Å². The molecule has 3 fully saturated rings. The largest absolute Gasteiger partial charge is 0.489 e. The summed E-state index contributed by atoms with van der Waals surface area (Å²) in [6.45, 7) is 4.78. The first-order chi connectivity index (χ1) is 21.4. The van der Waals surface area contributed by atoms with Gasteiger partial charge in [0, 0.05) is 81.9 Å². The number of ether oxygens (including phenoxy) is 3. The molecule has 11 heteroatoms. The fraction of sp³-hybridized carbons (Fsp3) is 0.485. The third-order valence-corrected chi connectivity index (χ3v) is 9.28. The summed E-state index contributed by atoms with van der Waals surface area (Å²) in [6, 6.07) is 11.3. The second-order valence-electron chi connectivity index (χ2n) is 12.3. The van der Waals surface area contributed by atoms with E-state index in [0.717, 1.165) is 68.0 Å². The summed E-state index contributed by atoms with van der Waals surface area (Å²) in [5.74, 6) is 1.25. The van der Waals surface area contributed by atoms with Crippen molar-refractivity contribution in [1.29, 1.82) is 0 Å². The zero-order chi connectivity index (χ0) is 30.2. The highest BCUT2D eigenvalue weighted by Gasteiger charge is 2.40. The lowest BCUT2D eigenvalue weighted by Gasteiger charge is -2.29. The molecule has 4 aliphatic heterocycles. The molecular formula is C33H37N5O6. The maximum Gasteiger partial charge on any atom is 0.255 e. The SMILES string of the molecule is COC[C@@H]1CN(Cc2ccc3nc(C4CCOCC4)ncc3c2)C[C@H]1Oc1ccc2c(c1)CN(C1CCC(=O)NC1=O)C2=O. The van der Waals surface area contributed by atoms with E-state index in [2.05, 4.69) is 28.4 Å². The van der Waals surface area contributed by atoms with Crippen LogP contribution in [0.25, 0.3) is 10.9 Å². The van der Waals surface area contributed by atoms with E-state index in [4.69, 9.17) is 24.2 Å². The van der Waals surface area contributed by atoms with Crippen LogP contribution >= 0.6 is 0 Å². The Kier molecular flexibility index (Phi) is 8.00. The van der Waals surface area contributed by atoms with Gasteiger partial charge in [-0.05, 0) is 60.7 Å². The Balaban J connectivity index is 1.01. The molecular weight excluding hydrogens is 562 g/mol. The van der Waals surface area contributed by atoms with Crippen molar-refractivity contribution < 1.29 is 28.6 Å². The Labute approximate surface area is 255 Å². The minimum atomic E-state index is -0.637. The van der Waals surface area contributed by atoms with E-state index in [-0.39, 0.29) is 30.3 Å². The second-order valence-corrected chi connectivity index (χ2v) is 12.3. The zero-order valence-corrected chi connectivity index (χ0v) is 24.9. The molecule has 230 valence electrons. The van der Waals surface area contributed by atoms with E-state index in [1.54, 1.807) is 18.1 Å². The first kappa shape index (κ1) is 28.8. The van der Waals surface area contributed by atoms with Crippen molar-refractivity contribution in [3.63, 3.8) is 0 Å². The average Bonchev–Trinajstić information content (AvgIpc) is 3.56. The van der Waals surface area contributed by atoms with E-state index in [9.17, 15) is 14.4 Å². The zero-order valence-electron chi connectivity index (χ0n) is 24.9. The van der Waals surface area contributed by atoms with E-state index >= 15 is 0 Å². The molecule has 11 nitrogen and oxygen atoms in total. The number of fused-ring (bicyclic) bond motifs is 2. The smallest absolute Gasteiger partial charge is 0.255 e. The van der Waals surface area contributed by atoms with Gasteiger partial charge in [0.25, 0.3) is 5.91 Å². The number of hydrogen-bond donors (Lipinski definition) is 1. The molecule has 0 saturated carbocycles. The predicted octanol–water partition coefficient (Wildman–Crippen LogP) is 2.81. The van der Waals surface area contributed by atoms with Gasteiger partial charge >= 0.3 is 0 Å². The van der Waals surface area contributed by atoms with Crippen LogP contribution in [0.3, 0.4) is 0 Å². The van der Waals surface area contributed by atoms with Crippen LogP contribution in [0.2, 0.25) is 0 Å². The topological polar surface area (TPSA) is 123 Å². The highest BCUT2D eigenvalue weighted by Crippen LogP contribution is 2.32. The van der Waals surface area contributed by atoms with Crippen LogP contribution in [-0.2, 0) is 32.2 Å². The van der Waals surface area contributed by atoms with Gasteiger partial charge in [-0.1, -0.05) is 6.07 Å². The van der Waals surface area contributed by atoms with Crippen molar-refractivity contribution in [2.24, 2.45) is 5.92 Å². The van der Waals surface area contributed by atoms with E-state index in [1.165, 1.54) is 5.56 Å². The lowest BCUT2D eigenvalue weighted by molar-refractivity contribution is -0.136. The molecule has 0 spiro atoms. The summed E-state index contributed by atoms with van der Waals surface area (Å²) in [5.41, 5.74) is 3.56. The van der Waals surface area contributed by atoms with Crippen LogP contribution in [0, 0.1) is 5.92 Å². The number of imide groups is 1. The van der Waals surface area contributed by atoms with E-state index in [1.807, 2.05) is 18.3 Å². The summed E-state index contributed by atoms with van der Waals surface area (Å²) >= 11 is 0. The number of likely N-dealkylation sites (tertiary alicyclic amines) is 1. The molecule has 1 aromatic heterocycles. The number of carbonyl (C=O) groups is 3. The Bertz CT molecular complexity index is 1590. The summed E-state index contributed by atoms with van der Waals surface area (Å²) in [7, 11) is 1.71. The molecule has 1 unspecified atom stereocenters. The molecule has 3 atom stereocenters. The van der Waals surface area contributed by atoms with Crippen LogP contribution in [0.4, 0.5) is 0 Å². The molecule has 44 heavy (non-hydrogen) atoms. The minimum absolute atomic E-state index is 0.0813. The Hall–Kier alpha value is -3.93. The van der Waals surface area contributed by atoms with Crippen molar-refractivity contribution >= 4 is 28.6 Å². The summed E-state index contributed by atoms with van der Waals surface area (Å²) in [5, 5.41) is 3.39. The van der Waals surface area contributed by atoms with Gasteiger partial charge < -0.3 is 19.1 Å². The number of aromatic nitrogens is 2. The molecule has 2 aromatic carbocycles. The molecule has 3 aromatic rings. The molecule has 3 amide bonds. The number of nitrogens with one attached hydrogen (secondary N) is 1. The standard InChI is InChI=1S/C33H37N5O6/c1-42-19-24-16-37(15-20-2-5-27-22(12-20)14-34-31(35-27)21-8-10-43-11-9-21)18-29(24)44-25-3-4-26-23(13-25)17-38(33(26)41)28-6-7-30(39)36-32(28)40/h2-5,12-14,21,24,28-29H,6-11,15-19H2,1H3,(H,36,39,40)/t24-,28?,29+/m0/s1. The maximum absolute atomic E-state index is 13.1. The van der Waals surface area contributed by atoms with Gasteiger partial charge in [-0.25, -0.2) is 9.97 Å². The minimum Gasteiger partial charge on any atom is -0.489 e. The molecule has 7 rings (SSSR count). The molecule has 0 aliphatic carbocycles. The normalized spacial score (nSPS) is 24.6. The van der Waals surface area contributed by atoms with Gasteiger partial charge in [-0.15, -0.1) is 0 Å². The highest BCUT2D eigenvalue weighted by molar-refractivity contribution is 6.05. The number of rotatable bonds is 8. The fourth-order valence-electron chi connectivity index (χ4n) is 6.97. The van der Waals surface area contributed by atoms with Crippen LogP contribution in [0.1, 0.15) is 58.9 Å². The van der Waals surface area contributed by atoms with Crippen LogP contribution in [0.5, 0.6) is 5.75 Å². The fourth-order valence-corrected chi connectivity index (χ4v) is 6.97. The second kappa shape index (κ2) is 12.2. The van der Waals surface area contributed by atoms with E-state index in [0.29, 0.717) is 36.8 Å². The molecule has 5 heterocycles. The summed E-state index contributed by atoms with van der Waals surface area (Å²) < 4.78 is 17.6. The number of methoxy groups -OCH3 is 1. The van der Waals surface area contributed by atoms with Crippen LogP contribution in [-0.4, -0.2) is 89.7 Å². The monoisotopic (exact) mass is 599 g/mol. The van der Waals surface area contributed by atoms with Crippen molar-refractivity contribution in [3.05, 3.63) is 65.1 Å². The third kappa shape index (κ3) is 5.79. The first-order valence-corrected chi connectivity index (χ1v) is 15.4. The molecule has 3 saturated heterocycles. The first-order valence-electron chi connectivity index (χ1n) is 15.4. The average molecular weight is 600 g/mol. The number of piperidine rings is 1. The van der Waals surface area contributed by atoms with Crippen LogP contribution < -0.4 is 10.1 Å². The molecule has 1 N–H and O–H groups in total. The number of hydrogen-bond acceptors (Lipinski definition) is 9. The highest BCUT2D eigenvalue weighted by atomic mass is 16.5. The molecule has 0 radical (unpaired) electrons. The van der Waals surface area contributed by atoms with Gasteiger partial charge in [0.15, 0.2) is 0 Å². The quantitative estimate of drug-likeness (QED) is 0.390. The van der Waals surface area contributed by atoms with Gasteiger partial charge in [-0.2, -0.15) is 0 Å². The Morgan fingerprint density at radius 1 is 1.05 bits per heavy atom. The van der Waals surface area contributed by atoms with Crippen molar-refractivity contribution in [3.8, 4) is 5.75 Å². The lowest BCUT2D eigenvalue weighted by Crippen LogP contribution is -2.52. The molecule has 4 aliphatic rings. The third-order valence-electron chi connectivity index (χ3n) is 9.28. The van der Waals surface area contributed by atoms with Crippen molar-refractivity contribution in [2.75, 3.05) is 40.0 Å². The summed E-state index contributed by atoms with van der Waals surface area (Å²) in [6.07, 6.45) is 4.37. The van der Waals surface area contributed by atoms with Gasteiger partial charge in [0.2, 0.25) is 11.8 Å². The van der Waals surface area contributed by atoms with Crippen molar-refractivity contribution in [1.82, 2.24) is 25.1 Å².